The van der Waals surface area contributed by atoms with Crippen molar-refractivity contribution < 1.29 is 18.3 Å². The summed E-state index contributed by atoms with van der Waals surface area (Å²) >= 11 is 0. The number of amides is 1. The number of hydrogen-bond donors (Lipinski definition) is 1. The van der Waals surface area contributed by atoms with E-state index in [1.54, 1.807) is 12.1 Å². The Balaban J connectivity index is 1.88. The Bertz CT molecular complexity index is 526. The van der Waals surface area contributed by atoms with Crippen LogP contribution in [0.15, 0.2) is 43.0 Å². The Morgan fingerprint density at radius 2 is 2.11 bits per heavy atom. The van der Waals surface area contributed by atoms with Crippen molar-refractivity contribution in [1.82, 2.24) is 14.9 Å². The molecule has 0 aliphatic rings. The van der Waals surface area contributed by atoms with E-state index in [1.165, 1.54) is 35.4 Å². The molecular formula is C12H11F2N3O2. The molecule has 2 aromatic rings. The first-order valence-corrected chi connectivity index (χ1v) is 5.45. The van der Waals surface area contributed by atoms with Crippen molar-refractivity contribution in [3.63, 3.8) is 0 Å². The van der Waals surface area contributed by atoms with Gasteiger partial charge in [0.2, 0.25) is 0 Å². The summed E-state index contributed by atoms with van der Waals surface area (Å²) in [4.78, 5) is 15.3. The molecule has 5 nitrogen and oxygen atoms in total. The zero-order valence-electron chi connectivity index (χ0n) is 9.79. The summed E-state index contributed by atoms with van der Waals surface area (Å²) in [5.41, 5.74) is 0.773. The Kier molecular flexibility index (Phi) is 4.07. The van der Waals surface area contributed by atoms with Gasteiger partial charge in [-0.15, -0.1) is 0 Å². The second kappa shape index (κ2) is 5.94. The number of alkyl halides is 2. The van der Waals surface area contributed by atoms with Crippen LogP contribution in [0.4, 0.5) is 13.6 Å². The summed E-state index contributed by atoms with van der Waals surface area (Å²) in [5, 5.41) is 2.66. The monoisotopic (exact) mass is 267 g/mol. The van der Waals surface area contributed by atoms with Crippen molar-refractivity contribution in [1.29, 1.82) is 0 Å². The molecule has 0 aliphatic heterocycles. The largest absolute Gasteiger partial charge is 0.435 e. The maximum absolute atomic E-state index is 11.9. The highest BCUT2D eigenvalue weighted by atomic mass is 19.3. The molecule has 1 aromatic heterocycles. The molecule has 0 fully saturated rings. The molecule has 1 heterocycles. The summed E-state index contributed by atoms with van der Waals surface area (Å²) in [6.45, 7) is -2.56. The third-order valence-electron chi connectivity index (χ3n) is 2.33. The molecule has 1 N–H and O–H groups in total. The lowest BCUT2D eigenvalue weighted by Gasteiger charge is -2.07. The predicted octanol–water partition coefficient (Wildman–Crippen LogP) is 2.24. The van der Waals surface area contributed by atoms with Crippen LogP contribution in [0.5, 0.6) is 5.75 Å². The molecule has 0 unspecified atom stereocenters. The molecule has 1 aromatic carbocycles. The second-order valence-corrected chi connectivity index (χ2v) is 3.65. The lowest BCUT2D eigenvalue weighted by atomic mass is 10.2. The first-order valence-electron chi connectivity index (χ1n) is 5.45. The minimum Gasteiger partial charge on any atom is -0.435 e. The van der Waals surface area contributed by atoms with Crippen LogP contribution in [0.1, 0.15) is 5.56 Å². The molecule has 7 heteroatoms. The molecule has 19 heavy (non-hydrogen) atoms. The van der Waals surface area contributed by atoms with Gasteiger partial charge in [0.15, 0.2) is 0 Å². The first kappa shape index (κ1) is 13.0. The number of imidazole rings is 1. The van der Waals surface area contributed by atoms with Gasteiger partial charge in [0, 0.05) is 18.9 Å². The minimum absolute atomic E-state index is 0.0830. The minimum atomic E-state index is -2.84. The molecule has 2 rings (SSSR count). The molecule has 0 radical (unpaired) electrons. The summed E-state index contributed by atoms with van der Waals surface area (Å²) in [7, 11) is 0. The van der Waals surface area contributed by atoms with Crippen LogP contribution < -0.4 is 10.1 Å². The number of nitrogens with zero attached hydrogens (tertiary/aromatic N) is 2. The lowest BCUT2D eigenvalue weighted by molar-refractivity contribution is -0.0498. The molecule has 0 aliphatic carbocycles. The van der Waals surface area contributed by atoms with Gasteiger partial charge in [0.05, 0.1) is 0 Å². The van der Waals surface area contributed by atoms with Gasteiger partial charge in [-0.3, -0.25) is 4.57 Å². The Morgan fingerprint density at radius 1 is 1.37 bits per heavy atom. The molecule has 0 bridgehead atoms. The van der Waals surface area contributed by atoms with Crippen molar-refractivity contribution in [2.75, 3.05) is 0 Å². The lowest BCUT2D eigenvalue weighted by Crippen LogP contribution is -2.26. The van der Waals surface area contributed by atoms with Crippen molar-refractivity contribution in [3.8, 4) is 5.75 Å². The molecule has 0 saturated carbocycles. The number of rotatable bonds is 4. The summed E-state index contributed by atoms with van der Waals surface area (Å²) in [6.07, 6.45) is 4.40. The average Bonchev–Trinajstić information content (AvgIpc) is 2.91. The Hall–Kier alpha value is -2.44. The number of carbonyl (C=O) groups excluding carboxylic acids is 1. The van der Waals surface area contributed by atoms with E-state index in [0.29, 0.717) is 0 Å². The summed E-state index contributed by atoms with van der Waals surface area (Å²) in [5.74, 6) is 0.0830. The van der Waals surface area contributed by atoms with Crippen LogP contribution >= 0.6 is 0 Å². The maximum Gasteiger partial charge on any atom is 0.387 e. The zero-order chi connectivity index (χ0) is 13.7. The molecule has 0 spiro atoms. The fourth-order valence-electron chi connectivity index (χ4n) is 1.44. The number of halogens is 2. The van der Waals surface area contributed by atoms with Gasteiger partial charge >= 0.3 is 12.6 Å². The summed E-state index contributed by atoms with van der Waals surface area (Å²) < 4.78 is 29.4. The third kappa shape index (κ3) is 3.77. The molecule has 0 atom stereocenters. The van der Waals surface area contributed by atoms with Crippen LogP contribution in [-0.4, -0.2) is 22.2 Å². The Morgan fingerprint density at radius 3 is 2.68 bits per heavy atom. The van der Waals surface area contributed by atoms with Crippen molar-refractivity contribution in [2.24, 2.45) is 0 Å². The number of benzene rings is 1. The van der Waals surface area contributed by atoms with Gasteiger partial charge in [0.25, 0.3) is 0 Å². The highest BCUT2D eigenvalue weighted by Gasteiger charge is 2.05. The van der Waals surface area contributed by atoms with E-state index in [1.807, 2.05) is 0 Å². The SMILES string of the molecule is O=C(NCc1ccc(OC(F)F)cc1)n1ccnc1. The number of carbonyl (C=O) groups is 1. The van der Waals surface area contributed by atoms with E-state index in [4.69, 9.17) is 0 Å². The Labute approximate surface area is 107 Å². The highest BCUT2D eigenvalue weighted by molar-refractivity contribution is 5.76. The van der Waals surface area contributed by atoms with Crippen molar-refractivity contribution in [2.45, 2.75) is 13.2 Å². The van der Waals surface area contributed by atoms with Crippen LogP contribution in [0.25, 0.3) is 0 Å². The average molecular weight is 267 g/mol. The fraction of sp³-hybridized carbons (Fsp3) is 0.167. The standard InChI is InChI=1S/C12H11F2N3O2/c13-11(14)19-10-3-1-9(2-4-10)7-16-12(18)17-6-5-15-8-17/h1-6,8,11H,7H2,(H,16,18). The van der Waals surface area contributed by atoms with Gasteiger partial charge < -0.3 is 10.1 Å². The predicted molar refractivity (Wildman–Crippen MR) is 62.9 cm³/mol. The van der Waals surface area contributed by atoms with Crippen LogP contribution in [0.3, 0.4) is 0 Å². The van der Waals surface area contributed by atoms with Crippen LogP contribution in [0.2, 0.25) is 0 Å². The number of ether oxygens (including phenoxy) is 1. The van der Waals surface area contributed by atoms with Gasteiger partial charge in [-0.25, -0.2) is 9.78 Å². The first-order chi connectivity index (χ1) is 9.15. The topological polar surface area (TPSA) is 56.1 Å². The summed E-state index contributed by atoms with van der Waals surface area (Å²) in [6, 6.07) is 5.73. The van der Waals surface area contributed by atoms with E-state index >= 15 is 0 Å². The van der Waals surface area contributed by atoms with E-state index in [0.717, 1.165) is 5.56 Å². The maximum atomic E-state index is 11.9. The van der Waals surface area contributed by atoms with E-state index in [2.05, 4.69) is 15.0 Å². The molecule has 100 valence electrons. The fourth-order valence-corrected chi connectivity index (χ4v) is 1.44. The highest BCUT2D eigenvalue weighted by Crippen LogP contribution is 2.14. The van der Waals surface area contributed by atoms with E-state index < -0.39 is 6.61 Å². The zero-order valence-corrected chi connectivity index (χ0v) is 9.79. The van der Waals surface area contributed by atoms with Gasteiger partial charge in [-0.05, 0) is 17.7 Å². The second-order valence-electron chi connectivity index (χ2n) is 3.65. The molecule has 0 saturated heterocycles. The number of hydrogen-bond acceptors (Lipinski definition) is 3. The smallest absolute Gasteiger partial charge is 0.387 e. The van der Waals surface area contributed by atoms with Crippen LogP contribution in [0, 0.1) is 0 Å². The number of nitrogens with one attached hydrogen (secondary N) is 1. The number of aromatic nitrogens is 2. The molecular weight excluding hydrogens is 256 g/mol. The normalized spacial score (nSPS) is 10.5. The third-order valence-corrected chi connectivity index (χ3v) is 2.33. The van der Waals surface area contributed by atoms with E-state index in [-0.39, 0.29) is 18.3 Å². The van der Waals surface area contributed by atoms with E-state index in [9.17, 15) is 13.6 Å². The van der Waals surface area contributed by atoms with Crippen molar-refractivity contribution >= 4 is 6.03 Å². The van der Waals surface area contributed by atoms with Gasteiger partial charge in [-0.1, -0.05) is 12.1 Å². The van der Waals surface area contributed by atoms with Gasteiger partial charge in [-0.2, -0.15) is 8.78 Å². The molecule has 1 amide bonds. The van der Waals surface area contributed by atoms with Crippen LogP contribution in [-0.2, 0) is 6.54 Å². The van der Waals surface area contributed by atoms with Gasteiger partial charge in [0.1, 0.15) is 12.1 Å². The quantitative estimate of drug-likeness (QED) is 0.924. The van der Waals surface area contributed by atoms with Crippen molar-refractivity contribution in [3.05, 3.63) is 48.5 Å².